The molecule has 0 amide bonds. The average molecular weight is 538 g/mol. The smallest absolute Gasteiger partial charge is 0.416 e. The van der Waals surface area contributed by atoms with E-state index in [1.54, 1.807) is 37.3 Å². The number of nitrogens with one attached hydrogen (secondary N) is 1. The van der Waals surface area contributed by atoms with Crippen molar-refractivity contribution in [3.05, 3.63) is 113 Å². The van der Waals surface area contributed by atoms with Crippen molar-refractivity contribution in [1.29, 1.82) is 5.26 Å². The molecule has 3 rings (SSSR count). The van der Waals surface area contributed by atoms with Crippen LogP contribution >= 0.6 is 0 Å². The monoisotopic (exact) mass is 537 g/mol. The number of benzene rings is 2. The molecule has 0 aliphatic carbocycles. The number of halogens is 3. The highest BCUT2D eigenvalue weighted by molar-refractivity contribution is 6.04. The first-order valence-corrected chi connectivity index (χ1v) is 12.0. The molecule has 1 aliphatic rings. The lowest BCUT2D eigenvalue weighted by atomic mass is 9.94. The third kappa shape index (κ3) is 7.24. The summed E-state index contributed by atoms with van der Waals surface area (Å²) in [6.45, 7) is 12.7. The van der Waals surface area contributed by atoms with Crippen LogP contribution < -0.4 is 16.2 Å². The topological polar surface area (TPSA) is 104 Å². The van der Waals surface area contributed by atoms with Crippen LogP contribution in [0.4, 0.5) is 18.9 Å². The summed E-state index contributed by atoms with van der Waals surface area (Å²) in [7, 11) is 0. The molecule has 39 heavy (non-hydrogen) atoms. The van der Waals surface area contributed by atoms with E-state index in [0.29, 0.717) is 16.7 Å². The van der Waals surface area contributed by atoms with E-state index >= 15 is 0 Å². The Kier molecular flexibility index (Phi) is 10.8. The molecule has 3 N–H and O–H groups in total. The molecule has 10 heteroatoms. The van der Waals surface area contributed by atoms with Crippen molar-refractivity contribution >= 4 is 17.6 Å². The number of rotatable bonds is 7. The number of nitrogens with zero attached hydrogens (tertiary/aromatic N) is 3. The van der Waals surface area contributed by atoms with E-state index in [1.807, 2.05) is 19.9 Å². The molecular formula is C29H30F3N5O2. The first-order valence-electron chi connectivity index (χ1n) is 12.0. The Morgan fingerprint density at radius 1 is 1.23 bits per heavy atom. The molecule has 1 aliphatic heterocycles. The number of carbonyl (C=O) groups excluding carboxylic acids is 1. The van der Waals surface area contributed by atoms with Gasteiger partial charge in [0.25, 0.3) is 0 Å². The quantitative estimate of drug-likeness (QED) is 0.191. The van der Waals surface area contributed by atoms with Gasteiger partial charge in [0, 0.05) is 11.4 Å². The van der Waals surface area contributed by atoms with Gasteiger partial charge in [0.1, 0.15) is 12.6 Å². The largest absolute Gasteiger partial charge is 0.457 e. The number of hydrogen-bond donors (Lipinski definition) is 2. The van der Waals surface area contributed by atoms with Crippen LogP contribution in [0.1, 0.15) is 43.5 Å². The molecule has 0 saturated carbocycles. The molecule has 0 aromatic heterocycles. The van der Waals surface area contributed by atoms with Crippen molar-refractivity contribution in [3.8, 4) is 6.07 Å². The molecule has 204 valence electrons. The summed E-state index contributed by atoms with van der Waals surface area (Å²) in [6.07, 6.45) is 0.0827. The highest BCUT2D eigenvalue weighted by atomic mass is 19.4. The molecule has 2 aromatic rings. The van der Waals surface area contributed by atoms with Gasteiger partial charge in [-0.25, -0.2) is 15.6 Å². The van der Waals surface area contributed by atoms with Crippen LogP contribution in [0, 0.1) is 11.3 Å². The number of guanidine groups is 1. The SMILES string of the molecule is C=C/C=C(\C=C)COC(=O)C1=C(C)N(c2cccc(C(F)(F)F)c2)C(NN)=NC1c1ccc(C#N)cc1.CC. The highest BCUT2D eigenvalue weighted by Gasteiger charge is 2.36. The van der Waals surface area contributed by atoms with Crippen molar-refractivity contribution < 1.29 is 22.7 Å². The molecule has 0 fully saturated rings. The van der Waals surface area contributed by atoms with Gasteiger partial charge in [-0.3, -0.25) is 10.3 Å². The van der Waals surface area contributed by atoms with Crippen LogP contribution in [-0.2, 0) is 15.7 Å². The molecule has 1 heterocycles. The Morgan fingerprint density at radius 2 is 1.90 bits per heavy atom. The molecule has 0 spiro atoms. The second-order valence-corrected chi connectivity index (χ2v) is 7.87. The third-order valence-corrected chi connectivity index (χ3v) is 5.56. The summed E-state index contributed by atoms with van der Waals surface area (Å²) in [5.74, 6) is 5.00. The molecule has 0 radical (unpaired) electrons. The minimum absolute atomic E-state index is 0.0149. The fraction of sp³-hybridized carbons (Fsp3) is 0.207. The van der Waals surface area contributed by atoms with Gasteiger partial charge < -0.3 is 4.74 Å². The maximum absolute atomic E-state index is 13.4. The molecule has 2 aromatic carbocycles. The number of ether oxygens (including phenoxy) is 1. The number of hydrogen-bond acceptors (Lipinski definition) is 7. The predicted molar refractivity (Wildman–Crippen MR) is 146 cm³/mol. The van der Waals surface area contributed by atoms with E-state index in [4.69, 9.17) is 15.8 Å². The van der Waals surface area contributed by atoms with E-state index in [2.05, 4.69) is 23.6 Å². The lowest BCUT2D eigenvalue weighted by molar-refractivity contribution is -0.139. The Balaban J connectivity index is 0.00000260. The van der Waals surface area contributed by atoms with Crippen LogP contribution in [0.2, 0.25) is 0 Å². The zero-order chi connectivity index (χ0) is 29.2. The molecule has 1 unspecified atom stereocenters. The average Bonchev–Trinajstić information content (AvgIpc) is 2.95. The molecule has 0 saturated heterocycles. The van der Waals surface area contributed by atoms with Gasteiger partial charge >= 0.3 is 12.1 Å². The zero-order valence-electron chi connectivity index (χ0n) is 21.9. The van der Waals surface area contributed by atoms with Gasteiger partial charge in [-0.1, -0.05) is 63.4 Å². The fourth-order valence-corrected chi connectivity index (χ4v) is 3.75. The van der Waals surface area contributed by atoms with Crippen molar-refractivity contribution in [1.82, 2.24) is 5.43 Å². The third-order valence-electron chi connectivity index (χ3n) is 5.56. The van der Waals surface area contributed by atoms with E-state index in [0.717, 1.165) is 12.1 Å². The molecule has 1 atom stereocenters. The van der Waals surface area contributed by atoms with Gasteiger partial charge in [0.15, 0.2) is 0 Å². The lowest BCUT2D eigenvalue weighted by Gasteiger charge is -2.34. The number of aliphatic imine (C=N–C) groups is 1. The summed E-state index contributed by atoms with van der Waals surface area (Å²) in [6, 6.07) is 12.1. The lowest BCUT2D eigenvalue weighted by Crippen LogP contribution is -2.47. The van der Waals surface area contributed by atoms with E-state index in [9.17, 15) is 18.0 Å². The summed E-state index contributed by atoms with van der Waals surface area (Å²) >= 11 is 0. The van der Waals surface area contributed by atoms with Crippen LogP contribution in [0.25, 0.3) is 0 Å². The van der Waals surface area contributed by atoms with Gasteiger partial charge in [-0.2, -0.15) is 18.4 Å². The minimum Gasteiger partial charge on any atom is -0.457 e. The van der Waals surface area contributed by atoms with Gasteiger partial charge in [0.2, 0.25) is 5.96 Å². The van der Waals surface area contributed by atoms with Crippen LogP contribution in [0.3, 0.4) is 0 Å². The number of allylic oxidation sites excluding steroid dienone is 3. The second-order valence-electron chi connectivity index (χ2n) is 7.87. The van der Waals surface area contributed by atoms with E-state index in [-0.39, 0.29) is 29.5 Å². The van der Waals surface area contributed by atoms with Crippen molar-refractivity contribution in [2.24, 2.45) is 10.8 Å². The number of hydrazine groups is 1. The van der Waals surface area contributed by atoms with E-state index < -0.39 is 23.8 Å². The molecule has 7 nitrogen and oxygen atoms in total. The summed E-state index contributed by atoms with van der Waals surface area (Å²) in [5.41, 5.74) is 3.52. The highest BCUT2D eigenvalue weighted by Crippen LogP contribution is 2.38. The number of alkyl halides is 3. The number of nitrogens with two attached hydrogens (primary N) is 1. The van der Waals surface area contributed by atoms with Gasteiger partial charge in [0.05, 0.1) is 22.8 Å². The number of esters is 1. The zero-order valence-corrected chi connectivity index (χ0v) is 21.9. The fourth-order valence-electron chi connectivity index (χ4n) is 3.75. The maximum atomic E-state index is 13.4. The normalized spacial score (nSPS) is 15.3. The first kappa shape index (κ1) is 30.6. The second kappa shape index (κ2) is 13.8. The Morgan fingerprint density at radius 3 is 2.44 bits per heavy atom. The Bertz CT molecular complexity index is 1340. The van der Waals surface area contributed by atoms with Crippen LogP contribution in [0.15, 0.2) is 102 Å². The van der Waals surface area contributed by atoms with Gasteiger partial charge in [-0.05, 0) is 48.4 Å². The predicted octanol–water partition coefficient (Wildman–Crippen LogP) is 6.10. The molecule has 0 bridgehead atoms. The van der Waals surface area contributed by atoms with Crippen LogP contribution in [-0.4, -0.2) is 18.5 Å². The van der Waals surface area contributed by atoms with Crippen molar-refractivity contribution in [2.45, 2.75) is 33.0 Å². The first-order chi connectivity index (χ1) is 18.6. The minimum atomic E-state index is -4.58. The van der Waals surface area contributed by atoms with Gasteiger partial charge in [-0.15, -0.1) is 0 Å². The Labute approximate surface area is 226 Å². The number of carbonyl (C=O) groups is 1. The maximum Gasteiger partial charge on any atom is 0.416 e. The summed E-state index contributed by atoms with van der Waals surface area (Å²) < 4.78 is 45.8. The standard InChI is InChI=1S/C27H24F3N5O2.C2H6/c1-4-7-18(5-2)16-37-25(36)23-17(3)35(22-9-6-8-21(14-22)27(28,29)30)26(34-32)33-24(23)20-12-10-19(15-31)11-13-20;1-2/h4-14,24H,1-2,16,32H2,3H3,(H,33,34);1-2H3/b18-7+;. The number of anilines is 1. The summed E-state index contributed by atoms with van der Waals surface area (Å²) in [4.78, 5) is 19.3. The van der Waals surface area contributed by atoms with Crippen LogP contribution in [0.5, 0.6) is 0 Å². The van der Waals surface area contributed by atoms with E-state index in [1.165, 1.54) is 29.2 Å². The molecular weight excluding hydrogens is 507 g/mol. The van der Waals surface area contributed by atoms with Crippen molar-refractivity contribution in [2.75, 3.05) is 11.5 Å². The number of nitriles is 1. The summed E-state index contributed by atoms with van der Waals surface area (Å²) in [5, 5.41) is 9.14. The Hall–Kier alpha value is -4.62. The van der Waals surface area contributed by atoms with Crippen molar-refractivity contribution in [3.63, 3.8) is 0 Å².